The zero-order valence-electron chi connectivity index (χ0n) is 9.00. The number of carbonyl (C=O) groups excluding carboxylic acids is 1. The molecule has 1 N–H and O–H groups in total. The number of esters is 1. The molecule has 0 bridgehead atoms. The SMILES string of the molecule is CCOC(=O)c1cc2c(s1)CC(C)CN2. The molecule has 0 spiro atoms. The fourth-order valence-electron chi connectivity index (χ4n) is 1.71. The highest BCUT2D eigenvalue weighted by Crippen LogP contribution is 2.33. The second-order valence-electron chi connectivity index (χ2n) is 3.86. The van der Waals surface area contributed by atoms with Crippen LogP contribution in [0.25, 0.3) is 0 Å². The molecule has 0 aliphatic carbocycles. The number of nitrogens with one attached hydrogen (secondary N) is 1. The lowest BCUT2D eigenvalue weighted by atomic mass is 10.0. The Morgan fingerprint density at radius 2 is 2.53 bits per heavy atom. The van der Waals surface area contributed by atoms with Crippen LogP contribution in [0.2, 0.25) is 0 Å². The van der Waals surface area contributed by atoms with E-state index in [2.05, 4.69) is 12.2 Å². The van der Waals surface area contributed by atoms with Crippen molar-refractivity contribution in [2.24, 2.45) is 5.92 Å². The van der Waals surface area contributed by atoms with Crippen molar-refractivity contribution in [2.75, 3.05) is 18.5 Å². The lowest BCUT2D eigenvalue weighted by molar-refractivity contribution is 0.0532. The van der Waals surface area contributed by atoms with Crippen molar-refractivity contribution in [3.63, 3.8) is 0 Å². The summed E-state index contributed by atoms with van der Waals surface area (Å²) in [6, 6.07) is 1.91. The van der Waals surface area contributed by atoms with Crippen molar-refractivity contribution < 1.29 is 9.53 Å². The van der Waals surface area contributed by atoms with Gasteiger partial charge in [-0.15, -0.1) is 11.3 Å². The van der Waals surface area contributed by atoms with Gasteiger partial charge in [-0.3, -0.25) is 0 Å². The number of fused-ring (bicyclic) bond motifs is 1. The molecule has 1 atom stereocenters. The number of rotatable bonds is 2. The molecule has 2 rings (SSSR count). The molecule has 1 aromatic heterocycles. The van der Waals surface area contributed by atoms with Gasteiger partial charge in [-0.2, -0.15) is 0 Å². The van der Waals surface area contributed by atoms with Crippen LogP contribution >= 0.6 is 11.3 Å². The predicted molar refractivity (Wildman–Crippen MR) is 61.6 cm³/mol. The molecule has 82 valence electrons. The molecule has 2 heterocycles. The zero-order valence-corrected chi connectivity index (χ0v) is 9.82. The van der Waals surface area contributed by atoms with Crippen LogP contribution in [0, 0.1) is 5.92 Å². The van der Waals surface area contributed by atoms with Gasteiger partial charge in [0.1, 0.15) is 4.88 Å². The van der Waals surface area contributed by atoms with E-state index in [4.69, 9.17) is 4.74 Å². The zero-order chi connectivity index (χ0) is 10.8. The third-order valence-electron chi connectivity index (χ3n) is 2.46. The molecule has 1 aromatic rings. The Morgan fingerprint density at radius 1 is 1.73 bits per heavy atom. The highest BCUT2D eigenvalue weighted by Gasteiger charge is 2.20. The fourth-order valence-corrected chi connectivity index (χ4v) is 2.90. The second kappa shape index (κ2) is 4.23. The van der Waals surface area contributed by atoms with Gasteiger partial charge in [0.2, 0.25) is 0 Å². The average Bonchev–Trinajstić information content (AvgIpc) is 2.60. The van der Waals surface area contributed by atoms with Gasteiger partial charge >= 0.3 is 5.97 Å². The highest BCUT2D eigenvalue weighted by atomic mass is 32.1. The number of thiophene rings is 1. The number of anilines is 1. The Labute approximate surface area is 93.4 Å². The molecule has 0 aromatic carbocycles. The Morgan fingerprint density at radius 3 is 3.27 bits per heavy atom. The Hall–Kier alpha value is -1.03. The maximum atomic E-state index is 11.5. The molecule has 0 saturated carbocycles. The van der Waals surface area contributed by atoms with Gasteiger partial charge < -0.3 is 10.1 Å². The van der Waals surface area contributed by atoms with Crippen LogP contribution < -0.4 is 5.32 Å². The molecule has 0 amide bonds. The number of ether oxygens (including phenoxy) is 1. The van der Waals surface area contributed by atoms with E-state index in [1.165, 1.54) is 4.88 Å². The van der Waals surface area contributed by atoms with E-state index in [9.17, 15) is 4.79 Å². The lowest BCUT2D eigenvalue weighted by Crippen LogP contribution is -2.18. The molecule has 3 nitrogen and oxygen atoms in total. The van der Waals surface area contributed by atoms with Crippen LogP contribution in [0.4, 0.5) is 5.69 Å². The van der Waals surface area contributed by atoms with E-state index in [-0.39, 0.29) is 5.97 Å². The summed E-state index contributed by atoms with van der Waals surface area (Å²) >= 11 is 1.55. The maximum absolute atomic E-state index is 11.5. The minimum Gasteiger partial charge on any atom is -0.462 e. The van der Waals surface area contributed by atoms with E-state index in [0.29, 0.717) is 17.4 Å². The summed E-state index contributed by atoms with van der Waals surface area (Å²) in [5.74, 6) is 0.442. The summed E-state index contributed by atoms with van der Waals surface area (Å²) in [6.07, 6.45) is 1.06. The number of hydrogen-bond acceptors (Lipinski definition) is 4. The van der Waals surface area contributed by atoms with Crippen LogP contribution in [0.1, 0.15) is 28.4 Å². The molecular weight excluding hydrogens is 210 g/mol. The van der Waals surface area contributed by atoms with Crippen molar-refractivity contribution in [3.8, 4) is 0 Å². The van der Waals surface area contributed by atoms with E-state index in [0.717, 1.165) is 18.7 Å². The molecule has 1 aliphatic rings. The summed E-state index contributed by atoms with van der Waals surface area (Å²) in [4.78, 5) is 13.5. The number of carbonyl (C=O) groups is 1. The second-order valence-corrected chi connectivity index (χ2v) is 4.99. The fraction of sp³-hybridized carbons (Fsp3) is 0.545. The standard InChI is InChI=1S/C11H15NO2S/c1-3-14-11(13)10-5-8-9(15-10)4-7(2)6-12-8/h5,7,12H,3-4,6H2,1-2H3. The van der Waals surface area contributed by atoms with Crippen LogP contribution in [0.5, 0.6) is 0 Å². The van der Waals surface area contributed by atoms with E-state index < -0.39 is 0 Å². The quantitative estimate of drug-likeness (QED) is 0.786. The van der Waals surface area contributed by atoms with Crippen molar-refractivity contribution in [2.45, 2.75) is 20.3 Å². The maximum Gasteiger partial charge on any atom is 0.348 e. The van der Waals surface area contributed by atoms with Gasteiger partial charge in [-0.1, -0.05) is 6.92 Å². The Bertz CT molecular complexity index is 373. The van der Waals surface area contributed by atoms with Crippen molar-refractivity contribution in [1.29, 1.82) is 0 Å². The minimum absolute atomic E-state index is 0.202. The molecule has 1 unspecified atom stereocenters. The Kier molecular flexibility index (Phi) is 2.95. The third kappa shape index (κ3) is 2.15. The first kappa shape index (κ1) is 10.5. The normalized spacial score (nSPS) is 19.2. The molecule has 1 aliphatic heterocycles. The first-order chi connectivity index (χ1) is 7.20. The van der Waals surface area contributed by atoms with Gasteiger partial charge in [-0.25, -0.2) is 4.79 Å². The first-order valence-corrected chi connectivity index (χ1v) is 6.06. The van der Waals surface area contributed by atoms with Gasteiger partial charge in [0.25, 0.3) is 0 Å². The molecule has 15 heavy (non-hydrogen) atoms. The smallest absolute Gasteiger partial charge is 0.348 e. The van der Waals surface area contributed by atoms with Crippen molar-refractivity contribution in [1.82, 2.24) is 0 Å². The van der Waals surface area contributed by atoms with Gasteiger partial charge in [0, 0.05) is 17.1 Å². The summed E-state index contributed by atoms with van der Waals surface area (Å²) in [6.45, 7) is 5.46. The highest BCUT2D eigenvalue weighted by molar-refractivity contribution is 7.14. The van der Waals surface area contributed by atoms with Gasteiger partial charge in [0.15, 0.2) is 0 Å². The predicted octanol–water partition coefficient (Wildman–Crippen LogP) is 2.53. The summed E-state index contributed by atoms with van der Waals surface area (Å²) in [7, 11) is 0. The van der Waals surface area contributed by atoms with Crippen LogP contribution in [-0.2, 0) is 11.2 Å². The third-order valence-corrected chi connectivity index (χ3v) is 3.60. The van der Waals surface area contributed by atoms with Gasteiger partial charge in [0.05, 0.1) is 6.61 Å². The monoisotopic (exact) mass is 225 g/mol. The lowest BCUT2D eigenvalue weighted by Gasteiger charge is -2.19. The van der Waals surface area contributed by atoms with E-state index in [1.54, 1.807) is 11.3 Å². The molecule has 4 heteroatoms. The van der Waals surface area contributed by atoms with Gasteiger partial charge in [-0.05, 0) is 25.3 Å². The summed E-state index contributed by atoms with van der Waals surface area (Å²) in [5.41, 5.74) is 1.11. The summed E-state index contributed by atoms with van der Waals surface area (Å²) in [5, 5.41) is 3.33. The molecule has 0 saturated heterocycles. The minimum atomic E-state index is -0.202. The first-order valence-electron chi connectivity index (χ1n) is 5.24. The largest absolute Gasteiger partial charge is 0.462 e. The van der Waals surface area contributed by atoms with Crippen LogP contribution in [0.15, 0.2) is 6.07 Å². The molecule has 0 radical (unpaired) electrons. The van der Waals surface area contributed by atoms with Crippen molar-refractivity contribution in [3.05, 3.63) is 15.8 Å². The average molecular weight is 225 g/mol. The van der Waals surface area contributed by atoms with E-state index >= 15 is 0 Å². The topological polar surface area (TPSA) is 38.3 Å². The number of hydrogen-bond donors (Lipinski definition) is 1. The molecule has 0 fully saturated rings. The van der Waals surface area contributed by atoms with Crippen LogP contribution in [-0.4, -0.2) is 19.1 Å². The van der Waals surface area contributed by atoms with Crippen LogP contribution in [0.3, 0.4) is 0 Å². The van der Waals surface area contributed by atoms with Crippen molar-refractivity contribution >= 4 is 23.0 Å². The summed E-state index contributed by atoms with van der Waals surface area (Å²) < 4.78 is 4.98. The van der Waals surface area contributed by atoms with E-state index in [1.807, 2.05) is 13.0 Å². The molecular formula is C11H15NO2S. The Balaban J connectivity index is 2.19.